The minimum Gasteiger partial charge on any atom is -0.383 e. The summed E-state index contributed by atoms with van der Waals surface area (Å²) in [5.41, 5.74) is 8.52. The summed E-state index contributed by atoms with van der Waals surface area (Å²) in [5.74, 6) is 1.59. The van der Waals surface area contributed by atoms with E-state index in [-0.39, 0.29) is 5.56 Å². The van der Waals surface area contributed by atoms with Crippen LogP contribution in [0, 0.1) is 5.92 Å². The lowest BCUT2D eigenvalue weighted by Gasteiger charge is -2.47. The van der Waals surface area contributed by atoms with Gasteiger partial charge in [0.25, 0.3) is 5.56 Å². The number of likely N-dealkylation sites (tertiary alicyclic amines) is 1. The summed E-state index contributed by atoms with van der Waals surface area (Å²) in [6.45, 7) is 5.04. The Morgan fingerprint density at radius 3 is 2.92 bits per heavy atom. The van der Waals surface area contributed by atoms with E-state index in [0.717, 1.165) is 38.0 Å². The van der Waals surface area contributed by atoms with E-state index in [4.69, 9.17) is 5.73 Å². The van der Waals surface area contributed by atoms with Crippen LogP contribution in [0.1, 0.15) is 49.4 Å². The number of hydrogen-bond acceptors (Lipinski definition) is 4. The molecular formula is C20H26N4O. The van der Waals surface area contributed by atoms with Crippen LogP contribution in [0.2, 0.25) is 0 Å². The van der Waals surface area contributed by atoms with Gasteiger partial charge >= 0.3 is 0 Å². The topological polar surface area (TPSA) is 64.2 Å². The van der Waals surface area contributed by atoms with Crippen LogP contribution >= 0.6 is 0 Å². The van der Waals surface area contributed by atoms with Crippen LogP contribution in [0.4, 0.5) is 5.82 Å². The first kappa shape index (κ1) is 16.3. The summed E-state index contributed by atoms with van der Waals surface area (Å²) in [5, 5.41) is 0. The van der Waals surface area contributed by atoms with Crippen molar-refractivity contribution in [3.8, 4) is 0 Å². The monoisotopic (exact) mass is 338 g/mol. The molecule has 2 bridgehead atoms. The summed E-state index contributed by atoms with van der Waals surface area (Å²) < 4.78 is 2.10. The largest absolute Gasteiger partial charge is 0.383 e. The molecule has 3 atom stereocenters. The maximum absolute atomic E-state index is 12.5. The molecule has 25 heavy (non-hydrogen) atoms. The molecule has 0 saturated carbocycles. The fourth-order valence-electron chi connectivity index (χ4n) is 4.76. The van der Waals surface area contributed by atoms with Crippen LogP contribution < -0.4 is 11.3 Å². The van der Waals surface area contributed by atoms with E-state index in [9.17, 15) is 4.79 Å². The molecule has 2 aromatic heterocycles. The molecular weight excluding hydrogens is 312 g/mol. The van der Waals surface area contributed by atoms with Gasteiger partial charge in [0, 0.05) is 55.1 Å². The van der Waals surface area contributed by atoms with Crippen molar-refractivity contribution in [1.82, 2.24) is 14.5 Å². The molecule has 1 saturated heterocycles. The average Bonchev–Trinajstić information content (AvgIpc) is 2.61. The number of nitrogens with two attached hydrogens (primary N) is 1. The van der Waals surface area contributed by atoms with Crippen LogP contribution in [-0.2, 0) is 6.54 Å². The molecule has 132 valence electrons. The lowest BCUT2D eigenvalue weighted by atomic mass is 9.77. The number of rotatable bonds is 4. The zero-order chi connectivity index (χ0) is 17.4. The summed E-state index contributed by atoms with van der Waals surface area (Å²) >= 11 is 0. The van der Waals surface area contributed by atoms with E-state index in [1.807, 2.05) is 12.1 Å². The van der Waals surface area contributed by atoms with Crippen molar-refractivity contribution in [1.29, 1.82) is 0 Å². The molecule has 0 amide bonds. The Bertz CT molecular complexity index is 815. The molecule has 4 rings (SSSR count). The van der Waals surface area contributed by atoms with Gasteiger partial charge in [-0.05, 0) is 30.9 Å². The van der Waals surface area contributed by atoms with Gasteiger partial charge in [-0.25, -0.2) is 4.98 Å². The van der Waals surface area contributed by atoms with Crippen LogP contribution in [0.3, 0.4) is 0 Å². The molecule has 2 aromatic rings. The quantitative estimate of drug-likeness (QED) is 0.931. The summed E-state index contributed by atoms with van der Waals surface area (Å²) in [6.07, 6.45) is 5.09. The third kappa shape index (κ3) is 2.97. The van der Waals surface area contributed by atoms with Gasteiger partial charge in [-0.1, -0.05) is 25.5 Å². The van der Waals surface area contributed by atoms with Crippen molar-refractivity contribution in [2.75, 3.05) is 18.8 Å². The third-order valence-corrected chi connectivity index (χ3v) is 5.78. The van der Waals surface area contributed by atoms with Gasteiger partial charge in [0.2, 0.25) is 0 Å². The van der Waals surface area contributed by atoms with E-state index in [0.29, 0.717) is 23.7 Å². The molecule has 2 aliphatic rings. The Morgan fingerprint density at radius 1 is 1.24 bits per heavy atom. The second-order valence-electron chi connectivity index (χ2n) is 7.45. The average molecular weight is 338 g/mol. The number of anilines is 1. The molecule has 0 radical (unpaired) electrons. The van der Waals surface area contributed by atoms with Gasteiger partial charge in [-0.3, -0.25) is 9.69 Å². The predicted octanol–water partition coefficient (Wildman–Crippen LogP) is 2.79. The molecule has 2 aliphatic heterocycles. The number of aromatic nitrogens is 2. The maximum atomic E-state index is 12.5. The molecule has 0 unspecified atom stereocenters. The maximum Gasteiger partial charge on any atom is 0.250 e. The van der Waals surface area contributed by atoms with Crippen molar-refractivity contribution in [2.45, 2.75) is 44.7 Å². The number of piperidine rings is 1. The molecule has 5 nitrogen and oxygen atoms in total. The van der Waals surface area contributed by atoms with Crippen LogP contribution in [0.15, 0.2) is 41.3 Å². The normalized spacial score (nSPS) is 25.6. The Hall–Kier alpha value is -2.14. The fraction of sp³-hybridized carbons (Fsp3) is 0.500. The summed E-state index contributed by atoms with van der Waals surface area (Å²) in [6, 6.07) is 10.1. The number of pyridine rings is 2. The third-order valence-electron chi connectivity index (χ3n) is 5.78. The lowest BCUT2D eigenvalue weighted by molar-refractivity contribution is 0.0818. The fourth-order valence-corrected chi connectivity index (χ4v) is 4.76. The number of nitrogens with zero attached hydrogens (tertiary/aromatic N) is 3. The van der Waals surface area contributed by atoms with E-state index < -0.39 is 0 Å². The van der Waals surface area contributed by atoms with E-state index in [1.165, 1.54) is 12.1 Å². The minimum atomic E-state index is 0.163. The van der Waals surface area contributed by atoms with Crippen molar-refractivity contribution in [3.63, 3.8) is 0 Å². The van der Waals surface area contributed by atoms with E-state index in [1.54, 1.807) is 12.3 Å². The van der Waals surface area contributed by atoms with E-state index >= 15 is 0 Å². The Kier molecular flexibility index (Phi) is 4.34. The zero-order valence-corrected chi connectivity index (χ0v) is 14.8. The van der Waals surface area contributed by atoms with Crippen molar-refractivity contribution >= 4 is 5.82 Å². The standard InChI is InChI=1S/C20H26N4O/c1-2-5-17-15-10-16(18-7-3-8-19(25)24(17)18)13-23(12-15)11-14-6-4-9-22-20(14)21/h3-4,6-9,15-17H,2,5,10-13H2,1H3,(H2,21,22)/t15-,16+,17-/m0/s1. The highest BCUT2D eigenvalue weighted by atomic mass is 16.1. The highest BCUT2D eigenvalue weighted by Crippen LogP contribution is 2.43. The minimum absolute atomic E-state index is 0.163. The Morgan fingerprint density at radius 2 is 2.12 bits per heavy atom. The number of nitrogen functional groups attached to an aromatic ring is 1. The van der Waals surface area contributed by atoms with Crippen molar-refractivity contribution in [2.24, 2.45) is 5.92 Å². The molecule has 0 aromatic carbocycles. The number of hydrogen-bond donors (Lipinski definition) is 1. The van der Waals surface area contributed by atoms with Gasteiger partial charge < -0.3 is 10.3 Å². The SMILES string of the molecule is CCC[C@H]1[C@H]2C[C@H](CN(Cc3cccnc3N)C2)c2cccc(=O)n21. The van der Waals surface area contributed by atoms with Gasteiger partial charge in [0.15, 0.2) is 0 Å². The Balaban J connectivity index is 1.65. The highest BCUT2D eigenvalue weighted by molar-refractivity contribution is 5.38. The molecule has 2 N–H and O–H groups in total. The van der Waals surface area contributed by atoms with Crippen LogP contribution in [-0.4, -0.2) is 27.5 Å². The Labute approximate surface area is 148 Å². The van der Waals surface area contributed by atoms with Crippen LogP contribution in [0.25, 0.3) is 0 Å². The first-order valence-electron chi connectivity index (χ1n) is 9.30. The van der Waals surface area contributed by atoms with Gasteiger partial charge in [0.05, 0.1) is 0 Å². The lowest BCUT2D eigenvalue weighted by Crippen LogP contribution is -2.49. The predicted molar refractivity (Wildman–Crippen MR) is 99.4 cm³/mol. The second-order valence-corrected chi connectivity index (χ2v) is 7.45. The molecule has 5 heteroatoms. The first-order chi connectivity index (χ1) is 12.2. The van der Waals surface area contributed by atoms with E-state index in [2.05, 4.69) is 33.5 Å². The second kappa shape index (κ2) is 6.64. The van der Waals surface area contributed by atoms with Gasteiger partial charge in [-0.15, -0.1) is 0 Å². The molecule has 1 fully saturated rings. The number of fused-ring (bicyclic) bond motifs is 4. The van der Waals surface area contributed by atoms with Gasteiger partial charge in [0.1, 0.15) is 5.82 Å². The van der Waals surface area contributed by atoms with Crippen LogP contribution in [0.5, 0.6) is 0 Å². The summed E-state index contributed by atoms with van der Waals surface area (Å²) in [7, 11) is 0. The molecule has 0 aliphatic carbocycles. The van der Waals surface area contributed by atoms with Gasteiger partial charge in [-0.2, -0.15) is 0 Å². The molecule has 0 spiro atoms. The summed E-state index contributed by atoms with van der Waals surface area (Å²) in [4.78, 5) is 19.2. The highest BCUT2D eigenvalue weighted by Gasteiger charge is 2.39. The smallest absolute Gasteiger partial charge is 0.250 e. The van der Waals surface area contributed by atoms with Crippen molar-refractivity contribution < 1.29 is 0 Å². The molecule has 4 heterocycles. The van der Waals surface area contributed by atoms with Crippen molar-refractivity contribution in [3.05, 3.63) is 58.1 Å². The first-order valence-corrected chi connectivity index (χ1v) is 9.30. The zero-order valence-electron chi connectivity index (χ0n) is 14.8.